The minimum Gasteiger partial charge on any atom is -0.388 e. The van der Waals surface area contributed by atoms with E-state index in [9.17, 15) is 0 Å². The van der Waals surface area contributed by atoms with E-state index in [-0.39, 0.29) is 4.99 Å². The standard InChI is InChI=1S/C12H13N5S/c13-11(18)10-12(17-7-6-15-10)16-5-3-9-2-1-4-14-8-9/h1-2,4,6-8H,3,5H2,(H2,13,18)(H,16,17). The molecule has 2 rings (SSSR count). The zero-order chi connectivity index (χ0) is 12.8. The Hall–Kier alpha value is -2.08. The van der Waals surface area contributed by atoms with Gasteiger partial charge in [-0.3, -0.25) is 4.98 Å². The number of aromatic nitrogens is 3. The number of nitrogens with two attached hydrogens (primary N) is 1. The number of rotatable bonds is 5. The van der Waals surface area contributed by atoms with Crippen molar-refractivity contribution in [2.75, 3.05) is 11.9 Å². The second kappa shape index (κ2) is 6.02. The van der Waals surface area contributed by atoms with Crippen LogP contribution in [0.4, 0.5) is 5.82 Å². The summed E-state index contributed by atoms with van der Waals surface area (Å²) in [5.41, 5.74) is 7.26. The van der Waals surface area contributed by atoms with Crippen molar-refractivity contribution in [3.8, 4) is 0 Å². The minimum absolute atomic E-state index is 0.243. The Labute approximate surface area is 110 Å². The SMILES string of the molecule is NC(=S)c1nccnc1NCCc1cccnc1. The summed E-state index contributed by atoms with van der Waals surface area (Å²) in [6, 6.07) is 3.94. The summed E-state index contributed by atoms with van der Waals surface area (Å²) in [6.07, 6.45) is 7.62. The molecule has 0 spiro atoms. The average Bonchev–Trinajstić information content (AvgIpc) is 2.40. The van der Waals surface area contributed by atoms with Crippen molar-refractivity contribution in [1.82, 2.24) is 15.0 Å². The Morgan fingerprint density at radius 3 is 2.83 bits per heavy atom. The largest absolute Gasteiger partial charge is 0.388 e. The summed E-state index contributed by atoms with van der Waals surface area (Å²) in [5.74, 6) is 0.619. The number of nitrogens with one attached hydrogen (secondary N) is 1. The van der Waals surface area contributed by atoms with Gasteiger partial charge in [-0.05, 0) is 18.1 Å². The van der Waals surface area contributed by atoms with Gasteiger partial charge in [0, 0.05) is 31.3 Å². The lowest BCUT2D eigenvalue weighted by atomic mass is 10.2. The monoisotopic (exact) mass is 259 g/mol. The Morgan fingerprint density at radius 1 is 1.28 bits per heavy atom. The number of hydrogen-bond donors (Lipinski definition) is 2. The fraction of sp³-hybridized carbons (Fsp3) is 0.167. The first-order chi connectivity index (χ1) is 8.77. The molecule has 0 saturated heterocycles. The van der Waals surface area contributed by atoms with Crippen molar-refractivity contribution in [2.45, 2.75) is 6.42 Å². The molecule has 0 bridgehead atoms. The Bertz CT molecular complexity index is 529. The smallest absolute Gasteiger partial charge is 0.155 e. The van der Waals surface area contributed by atoms with Crippen LogP contribution in [0.25, 0.3) is 0 Å². The van der Waals surface area contributed by atoms with Crippen molar-refractivity contribution in [1.29, 1.82) is 0 Å². The lowest BCUT2D eigenvalue weighted by Gasteiger charge is -2.08. The maximum absolute atomic E-state index is 5.58. The number of nitrogens with zero attached hydrogens (tertiary/aromatic N) is 3. The van der Waals surface area contributed by atoms with Gasteiger partial charge in [0.25, 0.3) is 0 Å². The molecule has 0 aliphatic heterocycles. The summed E-state index contributed by atoms with van der Waals surface area (Å²) in [7, 11) is 0. The third-order valence-electron chi connectivity index (χ3n) is 2.36. The van der Waals surface area contributed by atoms with Crippen LogP contribution in [0, 0.1) is 0 Å². The van der Waals surface area contributed by atoms with Gasteiger partial charge in [-0.15, -0.1) is 0 Å². The van der Waals surface area contributed by atoms with Crippen LogP contribution in [0.15, 0.2) is 36.9 Å². The van der Waals surface area contributed by atoms with Crippen LogP contribution in [-0.2, 0) is 6.42 Å². The molecule has 0 fully saturated rings. The van der Waals surface area contributed by atoms with Gasteiger partial charge in [0.2, 0.25) is 0 Å². The Balaban J connectivity index is 1.97. The van der Waals surface area contributed by atoms with Crippen molar-refractivity contribution in [2.24, 2.45) is 5.73 Å². The number of hydrogen-bond acceptors (Lipinski definition) is 5. The van der Waals surface area contributed by atoms with E-state index in [1.807, 2.05) is 18.3 Å². The molecule has 0 amide bonds. The molecule has 0 saturated carbocycles. The molecule has 3 N–H and O–H groups in total. The summed E-state index contributed by atoms with van der Waals surface area (Å²) in [5, 5.41) is 3.17. The van der Waals surface area contributed by atoms with Crippen LogP contribution in [0.2, 0.25) is 0 Å². The Kier molecular flexibility index (Phi) is 4.14. The molecule has 0 radical (unpaired) electrons. The fourth-order valence-corrected chi connectivity index (χ4v) is 1.67. The van der Waals surface area contributed by atoms with Crippen LogP contribution >= 0.6 is 12.2 Å². The summed E-state index contributed by atoms with van der Waals surface area (Å²) in [6.45, 7) is 0.722. The quantitative estimate of drug-likeness (QED) is 0.785. The summed E-state index contributed by atoms with van der Waals surface area (Å²) >= 11 is 4.92. The third kappa shape index (κ3) is 3.21. The van der Waals surface area contributed by atoms with E-state index < -0.39 is 0 Å². The van der Waals surface area contributed by atoms with Crippen LogP contribution in [0.1, 0.15) is 11.3 Å². The van der Waals surface area contributed by atoms with Crippen molar-refractivity contribution in [3.05, 3.63) is 48.2 Å². The van der Waals surface area contributed by atoms with Gasteiger partial charge in [-0.25, -0.2) is 9.97 Å². The molecule has 2 aromatic rings. The minimum atomic E-state index is 0.243. The molecule has 2 aromatic heterocycles. The van der Waals surface area contributed by atoms with E-state index in [4.69, 9.17) is 18.0 Å². The molecule has 0 aromatic carbocycles. The van der Waals surface area contributed by atoms with Gasteiger partial charge < -0.3 is 11.1 Å². The van der Waals surface area contributed by atoms with Crippen molar-refractivity contribution < 1.29 is 0 Å². The van der Waals surface area contributed by atoms with E-state index in [0.717, 1.165) is 18.5 Å². The highest BCUT2D eigenvalue weighted by atomic mass is 32.1. The molecule has 5 nitrogen and oxygen atoms in total. The molecular formula is C12H13N5S. The topological polar surface area (TPSA) is 76.7 Å². The zero-order valence-electron chi connectivity index (χ0n) is 9.71. The number of anilines is 1. The average molecular weight is 259 g/mol. The van der Waals surface area contributed by atoms with E-state index in [1.165, 1.54) is 0 Å². The van der Waals surface area contributed by atoms with Crippen LogP contribution in [0.3, 0.4) is 0 Å². The third-order valence-corrected chi connectivity index (χ3v) is 2.55. The predicted molar refractivity (Wildman–Crippen MR) is 74.4 cm³/mol. The molecule has 0 aliphatic carbocycles. The summed E-state index contributed by atoms with van der Waals surface area (Å²) in [4.78, 5) is 12.6. The van der Waals surface area contributed by atoms with Gasteiger partial charge in [0.15, 0.2) is 5.82 Å². The molecule has 0 atom stereocenters. The highest BCUT2D eigenvalue weighted by Crippen LogP contribution is 2.08. The van der Waals surface area contributed by atoms with Gasteiger partial charge in [0.1, 0.15) is 10.7 Å². The second-order valence-electron chi connectivity index (χ2n) is 3.66. The van der Waals surface area contributed by atoms with Crippen LogP contribution < -0.4 is 11.1 Å². The van der Waals surface area contributed by atoms with E-state index in [1.54, 1.807) is 18.6 Å². The van der Waals surface area contributed by atoms with E-state index in [2.05, 4.69) is 20.3 Å². The molecular weight excluding hydrogens is 246 g/mol. The molecule has 92 valence electrons. The van der Waals surface area contributed by atoms with Gasteiger partial charge >= 0.3 is 0 Å². The van der Waals surface area contributed by atoms with Crippen molar-refractivity contribution in [3.63, 3.8) is 0 Å². The van der Waals surface area contributed by atoms with E-state index >= 15 is 0 Å². The number of thiocarbonyl (C=S) groups is 1. The zero-order valence-corrected chi connectivity index (χ0v) is 10.5. The first-order valence-electron chi connectivity index (χ1n) is 5.51. The van der Waals surface area contributed by atoms with Gasteiger partial charge in [-0.1, -0.05) is 18.3 Å². The predicted octanol–water partition coefficient (Wildman–Crippen LogP) is 1.16. The van der Waals surface area contributed by atoms with Crippen LogP contribution in [0.5, 0.6) is 0 Å². The maximum Gasteiger partial charge on any atom is 0.155 e. The lowest BCUT2D eigenvalue weighted by molar-refractivity contribution is 0.986. The fourth-order valence-electron chi connectivity index (χ4n) is 1.52. The normalized spacial score (nSPS) is 10.0. The second-order valence-corrected chi connectivity index (χ2v) is 4.10. The van der Waals surface area contributed by atoms with Crippen molar-refractivity contribution >= 4 is 23.0 Å². The highest BCUT2D eigenvalue weighted by Gasteiger charge is 2.06. The first-order valence-corrected chi connectivity index (χ1v) is 5.92. The highest BCUT2D eigenvalue weighted by molar-refractivity contribution is 7.80. The molecule has 2 heterocycles. The number of pyridine rings is 1. The van der Waals surface area contributed by atoms with Gasteiger partial charge in [-0.2, -0.15) is 0 Å². The summed E-state index contributed by atoms with van der Waals surface area (Å²) < 4.78 is 0. The maximum atomic E-state index is 5.58. The first kappa shape index (κ1) is 12.4. The molecule has 0 aliphatic rings. The van der Waals surface area contributed by atoms with Gasteiger partial charge in [0.05, 0.1) is 0 Å². The van der Waals surface area contributed by atoms with E-state index in [0.29, 0.717) is 11.5 Å². The molecule has 18 heavy (non-hydrogen) atoms. The lowest BCUT2D eigenvalue weighted by Crippen LogP contribution is -2.17. The molecule has 0 unspecified atom stereocenters. The molecule has 6 heteroatoms. The van der Waals surface area contributed by atoms with Crippen LogP contribution in [-0.4, -0.2) is 26.5 Å². The Morgan fingerprint density at radius 2 is 2.11 bits per heavy atom.